The molecule has 0 radical (unpaired) electrons. The van der Waals surface area contributed by atoms with Crippen molar-refractivity contribution in [1.29, 1.82) is 10.8 Å². The fourth-order valence-electron chi connectivity index (χ4n) is 0. The van der Waals surface area contributed by atoms with Crippen molar-refractivity contribution in [2.24, 2.45) is 10.2 Å². The topological polar surface area (TPSA) is 72.4 Å². The molecule has 2 N–H and O–H groups in total. The summed E-state index contributed by atoms with van der Waals surface area (Å²) in [4.78, 5) is 0. The minimum absolute atomic E-state index is 1.25. The van der Waals surface area contributed by atoms with Gasteiger partial charge in [0.1, 0.15) is 6.01 Å². The highest BCUT2D eigenvalue weighted by atomic mass is 15.3. The maximum Gasteiger partial charge on any atom is 0.146 e. The number of hydrogen-bond donors (Lipinski definition) is 2. The third kappa shape index (κ3) is 148. The van der Waals surface area contributed by atoms with E-state index in [1.54, 1.807) is 0 Å². The Labute approximate surface area is 34.2 Å². The van der Waals surface area contributed by atoms with Gasteiger partial charge in [-0.05, 0) is 0 Å². The Hall–Kier alpha value is -1.24. The molecular weight excluding hydrogens is 80.0 g/mol. The summed E-state index contributed by atoms with van der Waals surface area (Å²) in [5.41, 5.74) is 0. The molecule has 0 unspecified atom stereocenters. The average Bonchev–Trinajstić information content (AvgIpc) is 2.11. The van der Waals surface area contributed by atoms with Gasteiger partial charge in [0, 0.05) is 0 Å². The molecule has 1 aliphatic heterocycles. The van der Waals surface area contributed by atoms with E-state index in [-0.39, 0.29) is 0 Å². The van der Waals surface area contributed by atoms with Crippen LogP contribution in [0.1, 0.15) is 0 Å². The average molecular weight is 82.1 g/mol. The lowest BCUT2D eigenvalue weighted by molar-refractivity contribution is 1.43. The first-order valence-electron chi connectivity index (χ1n) is 1.15. The minimum atomic E-state index is 1.25. The minimum Gasteiger partial charge on any atom is -0.242 e. The Morgan fingerprint density at radius 1 is 1.33 bits per heavy atom. The molecule has 0 aromatic rings. The molecule has 0 atom stereocenters. The quantitative estimate of drug-likeness (QED) is 0.397. The zero-order chi connectivity index (χ0) is 4.83. The zero-order valence-electron chi connectivity index (χ0n) is 2.89. The molecule has 0 amide bonds. The predicted octanol–water partition coefficient (Wildman–Crippen LogP) is 0.407. The van der Waals surface area contributed by atoms with Crippen LogP contribution in [0.25, 0.3) is 0 Å². The number of nitrogens with zero attached hydrogens (tertiary/aromatic N) is 2. The standard InChI is InChI=1S/CN2.CH2N2/c1-2-3-1;2-1-3/h;2-3H. The molecule has 1 heterocycles. The first-order chi connectivity index (χ1) is 2.91. The third-order valence-corrected chi connectivity index (χ3v) is 0.100. The fraction of sp³-hybridized carbons (Fsp3) is 0. The van der Waals surface area contributed by atoms with Gasteiger partial charge >= 0.3 is 0 Å². The van der Waals surface area contributed by atoms with E-state index in [4.69, 9.17) is 10.8 Å². The summed E-state index contributed by atoms with van der Waals surface area (Å²) < 4.78 is 0. The lowest BCUT2D eigenvalue weighted by Crippen LogP contribution is -1.11. The number of nitrogens with one attached hydrogen (secondary N) is 2. The summed E-state index contributed by atoms with van der Waals surface area (Å²) in [5, 5.41) is 17.5. The van der Waals surface area contributed by atoms with Crippen LogP contribution in [0.5, 0.6) is 0 Å². The maximum absolute atomic E-state index is 5.62. The van der Waals surface area contributed by atoms with Crippen LogP contribution in [-0.2, 0) is 0 Å². The van der Waals surface area contributed by atoms with Gasteiger partial charge in [-0.1, -0.05) is 10.2 Å². The monoisotopic (exact) mass is 82.0 g/mol. The maximum atomic E-state index is 5.62. The van der Waals surface area contributed by atoms with Crippen molar-refractivity contribution in [3.63, 3.8) is 0 Å². The SMILES string of the molecule is C1=NN=1.N=C=N. The van der Waals surface area contributed by atoms with Gasteiger partial charge in [0.25, 0.3) is 0 Å². The highest BCUT2D eigenvalue weighted by molar-refractivity contribution is 5.49. The van der Waals surface area contributed by atoms with Gasteiger partial charge in [0.15, 0.2) is 0 Å². The zero-order valence-corrected chi connectivity index (χ0v) is 2.89. The van der Waals surface area contributed by atoms with Crippen molar-refractivity contribution in [2.75, 3.05) is 0 Å². The van der Waals surface area contributed by atoms with Gasteiger partial charge in [-0.2, -0.15) is 0 Å². The molecule has 30 valence electrons. The van der Waals surface area contributed by atoms with Crippen LogP contribution < -0.4 is 0 Å². The summed E-state index contributed by atoms with van der Waals surface area (Å²) in [5.74, 6) is 0. The largest absolute Gasteiger partial charge is 0.242 e. The molecule has 0 aromatic carbocycles. The van der Waals surface area contributed by atoms with Crippen molar-refractivity contribution in [2.45, 2.75) is 0 Å². The summed E-state index contributed by atoms with van der Waals surface area (Å²) in [6.45, 7) is 0. The van der Waals surface area contributed by atoms with Crippen LogP contribution in [0, 0.1) is 10.8 Å². The highest BCUT2D eigenvalue weighted by Crippen LogP contribution is 1.69. The Balaban J connectivity index is 0.0000000833. The van der Waals surface area contributed by atoms with E-state index in [0.717, 1.165) is 0 Å². The molecule has 0 aromatic heterocycles. The Morgan fingerprint density at radius 3 is 1.50 bits per heavy atom. The van der Waals surface area contributed by atoms with E-state index in [1.807, 2.05) is 0 Å². The summed E-state index contributed by atoms with van der Waals surface area (Å²) >= 11 is 0. The molecule has 0 spiro atoms. The molecule has 1 rings (SSSR count). The fourth-order valence-corrected chi connectivity index (χ4v) is 0. The molecule has 0 saturated heterocycles. The van der Waals surface area contributed by atoms with Crippen molar-refractivity contribution >= 4 is 12.0 Å². The van der Waals surface area contributed by atoms with Gasteiger partial charge in [-0.15, -0.1) is 0 Å². The smallest absolute Gasteiger partial charge is 0.146 e. The van der Waals surface area contributed by atoms with Crippen LogP contribution in [0.3, 0.4) is 0 Å². The van der Waals surface area contributed by atoms with Crippen LogP contribution in [0.2, 0.25) is 0 Å². The van der Waals surface area contributed by atoms with E-state index in [0.29, 0.717) is 0 Å². The first kappa shape index (κ1) is 4.76. The second-order valence-electron chi connectivity index (χ2n) is 0.425. The van der Waals surface area contributed by atoms with Crippen LogP contribution in [0.15, 0.2) is 10.2 Å². The molecule has 0 saturated carbocycles. The molecule has 0 aliphatic carbocycles. The van der Waals surface area contributed by atoms with Crippen molar-refractivity contribution < 1.29 is 0 Å². The lowest BCUT2D eigenvalue weighted by atomic mass is 11.6. The predicted molar refractivity (Wildman–Crippen MR) is 20.3 cm³/mol. The Morgan fingerprint density at radius 2 is 1.50 bits per heavy atom. The van der Waals surface area contributed by atoms with Crippen LogP contribution in [0.4, 0.5) is 0 Å². The molecule has 4 heteroatoms. The summed E-state index contributed by atoms with van der Waals surface area (Å²) in [6, 6.07) is 3.50. The number of rotatable bonds is 0. The van der Waals surface area contributed by atoms with Crippen LogP contribution >= 0.6 is 0 Å². The summed E-state index contributed by atoms with van der Waals surface area (Å²) in [6.07, 6.45) is 0. The van der Waals surface area contributed by atoms with Gasteiger partial charge in [0.05, 0.1) is 6.01 Å². The van der Waals surface area contributed by atoms with Gasteiger partial charge in [-0.25, -0.2) is 10.8 Å². The number of hydrogen-bond acceptors (Lipinski definition) is 4. The van der Waals surface area contributed by atoms with Gasteiger partial charge < -0.3 is 0 Å². The van der Waals surface area contributed by atoms with E-state index in [2.05, 4.69) is 16.2 Å². The van der Waals surface area contributed by atoms with E-state index >= 15 is 0 Å². The normalized spacial score (nSPS) is 8.00. The molecule has 4 nitrogen and oxygen atoms in total. The lowest BCUT2D eigenvalue weighted by Gasteiger charge is -1.09. The third-order valence-electron chi connectivity index (χ3n) is 0.100. The first-order valence-corrected chi connectivity index (χ1v) is 1.15. The second-order valence-corrected chi connectivity index (χ2v) is 0.425. The highest BCUT2D eigenvalue weighted by Gasteiger charge is 1.61. The molecule has 1 aliphatic rings. The van der Waals surface area contributed by atoms with Crippen molar-refractivity contribution in [1.82, 2.24) is 0 Å². The molecular formula is C2H2N4. The van der Waals surface area contributed by atoms with Gasteiger partial charge in [-0.3, -0.25) is 0 Å². The van der Waals surface area contributed by atoms with E-state index < -0.39 is 0 Å². The van der Waals surface area contributed by atoms with Crippen molar-refractivity contribution in [3.05, 3.63) is 0 Å². The van der Waals surface area contributed by atoms with Crippen molar-refractivity contribution in [3.8, 4) is 0 Å². The van der Waals surface area contributed by atoms with E-state index in [9.17, 15) is 0 Å². The molecule has 0 bridgehead atoms. The molecule has 6 heavy (non-hydrogen) atoms. The Bertz CT molecular complexity index is 93.5. The van der Waals surface area contributed by atoms with E-state index in [1.165, 1.54) is 6.01 Å². The van der Waals surface area contributed by atoms with Crippen LogP contribution in [-0.4, -0.2) is 12.0 Å². The Kier molecular flexibility index (Phi) is 2.98. The second kappa shape index (κ2) is 3.76. The summed E-state index contributed by atoms with van der Waals surface area (Å²) in [7, 11) is 0. The molecule has 0 fully saturated rings. The van der Waals surface area contributed by atoms with Gasteiger partial charge in [0.2, 0.25) is 0 Å².